The Morgan fingerprint density at radius 3 is 2.81 bits per heavy atom. The van der Waals surface area contributed by atoms with Gasteiger partial charge in [-0.3, -0.25) is 4.79 Å². The van der Waals surface area contributed by atoms with Crippen LogP contribution >= 0.6 is 11.3 Å². The summed E-state index contributed by atoms with van der Waals surface area (Å²) in [5.74, 6) is -0.597. The van der Waals surface area contributed by atoms with Crippen molar-refractivity contribution in [1.82, 2.24) is 0 Å². The second kappa shape index (κ2) is 10.4. The molecular weight excluding hydrogens is 414 g/mol. The number of fused-ring (bicyclic) bond motifs is 1. The van der Waals surface area contributed by atoms with Gasteiger partial charge in [0.1, 0.15) is 28.5 Å². The van der Waals surface area contributed by atoms with Crippen molar-refractivity contribution >= 4 is 34.3 Å². The Labute approximate surface area is 184 Å². The van der Waals surface area contributed by atoms with Gasteiger partial charge in [0.05, 0.1) is 12.2 Å². The van der Waals surface area contributed by atoms with E-state index in [0.717, 1.165) is 36.1 Å². The maximum absolute atomic E-state index is 12.8. The zero-order valence-electron chi connectivity index (χ0n) is 17.1. The third kappa shape index (κ3) is 5.30. The van der Waals surface area contributed by atoms with E-state index in [1.807, 2.05) is 12.1 Å². The molecule has 7 nitrogen and oxygen atoms in total. The van der Waals surface area contributed by atoms with Crippen molar-refractivity contribution in [2.45, 2.75) is 32.6 Å². The lowest BCUT2D eigenvalue weighted by Gasteiger charge is -2.12. The van der Waals surface area contributed by atoms with E-state index in [2.05, 4.69) is 5.32 Å². The number of carbonyl (C=O) groups excluding carboxylic acids is 2. The summed E-state index contributed by atoms with van der Waals surface area (Å²) in [6.45, 7) is 1.88. The topological polar surface area (TPSA) is 112 Å². The zero-order chi connectivity index (χ0) is 22.2. The monoisotopic (exact) mass is 435 g/mol. The smallest absolute Gasteiger partial charge is 0.341 e. The van der Waals surface area contributed by atoms with Crippen LogP contribution in [-0.4, -0.2) is 25.1 Å². The van der Waals surface area contributed by atoms with Gasteiger partial charge >= 0.3 is 5.97 Å². The third-order valence-corrected chi connectivity index (χ3v) is 5.92. The van der Waals surface area contributed by atoms with Crippen molar-refractivity contribution in [3.8, 4) is 17.9 Å². The average Bonchev–Trinajstić information content (AvgIpc) is 3.14. The number of aryl methyl sites for hydroxylation is 1. The lowest BCUT2D eigenvalue weighted by Crippen LogP contribution is -2.16. The number of nitriles is 2. The number of esters is 1. The van der Waals surface area contributed by atoms with Crippen LogP contribution in [0, 0.1) is 22.7 Å². The van der Waals surface area contributed by atoms with Crippen LogP contribution in [0.4, 0.5) is 5.00 Å². The fourth-order valence-corrected chi connectivity index (χ4v) is 4.64. The predicted octanol–water partition coefficient (Wildman–Crippen LogP) is 4.25. The molecule has 1 aromatic carbocycles. The molecule has 0 unspecified atom stereocenters. The lowest BCUT2D eigenvalue weighted by atomic mass is 9.95. The van der Waals surface area contributed by atoms with E-state index in [1.165, 1.54) is 17.4 Å². The quantitative estimate of drug-likeness (QED) is 0.395. The summed E-state index contributed by atoms with van der Waals surface area (Å²) < 4.78 is 10.5. The van der Waals surface area contributed by atoms with Crippen LogP contribution in [-0.2, 0) is 22.4 Å². The number of anilines is 1. The molecule has 1 N–H and O–H groups in total. The minimum atomic E-state index is -0.602. The second-order valence-electron chi connectivity index (χ2n) is 6.78. The highest BCUT2D eigenvalue weighted by Gasteiger charge is 2.27. The van der Waals surface area contributed by atoms with E-state index in [9.17, 15) is 14.9 Å². The Balaban J connectivity index is 1.87. The maximum atomic E-state index is 12.8. The Morgan fingerprint density at radius 2 is 2.06 bits per heavy atom. The highest BCUT2D eigenvalue weighted by Crippen LogP contribution is 2.38. The van der Waals surface area contributed by atoms with Gasteiger partial charge in [-0.05, 0) is 61.9 Å². The highest BCUT2D eigenvalue weighted by atomic mass is 32.1. The van der Waals surface area contributed by atoms with Gasteiger partial charge < -0.3 is 14.8 Å². The molecule has 0 radical (unpaired) electrons. The van der Waals surface area contributed by atoms with Crippen molar-refractivity contribution in [2.75, 3.05) is 18.5 Å². The Morgan fingerprint density at radius 1 is 1.26 bits per heavy atom. The van der Waals surface area contributed by atoms with Crippen LogP contribution in [0.1, 0.15) is 46.1 Å². The summed E-state index contributed by atoms with van der Waals surface area (Å²) >= 11 is 1.37. The second-order valence-corrected chi connectivity index (χ2v) is 7.88. The first kappa shape index (κ1) is 22.1. The van der Waals surface area contributed by atoms with E-state index < -0.39 is 11.9 Å². The largest absolute Gasteiger partial charge is 0.479 e. The molecule has 0 saturated heterocycles. The van der Waals surface area contributed by atoms with Gasteiger partial charge in [0, 0.05) is 4.88 Å². The van der Waals surface area contributed by atoms with E-state index in [4.69, 9.17) is 14.7 Å². The van der Waals surface area contributed by atoms with Gasteiger partial charge in [-0.15, -0.1) is 11.3 Å². The first-order chi connectivity index (χ1) is 15.1. The molecule has 1 aliphatic carbocycles. The highest BCUT2D eigenvalue weighted by molar-refractivity contribution is 7.17. The number of hydrogen-bond acceptors (Lipinski definition) is 7. The molecule has 0 fully saturated rings. The number of benzene rings is 1. The Hall–Kier alpha value is -3.62. The molecule has 0 spiro atoms. The van der Waals surface area contributed by atoms with Gasteiger partial charge in [0.25, 0.3) is 5.91 Å². The van der Waals surface area contributed by atoms with Crippen molar-refractivity contribution in [3.63, 3.8) is 0 Å². The molecule has 158 valence electrons. The summed E-state index contributed by atoms with van der Waals surface area (Å²) in [6, 6.07) is 10.5. The van der Waals surface area contributed by atoms with Gasteiger partial charge in [-0.25, -0.2) is 4.79 Å². The van der Waals surface area contributed by atoms with Gasteiger partial charge in [0.15, 0.2) is 6.61 Å². The first-order valence-corrected chi connectivity index (χ1v) is 10.7. The molecule has 8 heteroatoms. The van der Waals surface area contributed by atoms with Crippen LogP contribution in [0.3, 0.4) is 0 Å². The van der Waals surface area contributed by atoms with E-state index in [-0.39, 0.29) is 18.8 Å². The van der Waals surface area contributed by atoms with Gasteiger partial charge in [0.2, 0.25) is 0 Å². The van der Waals surface area contributed by atoms with Crippen LogP contribution < -0.4 is 10.1 Å². The molecule has 0 atom stereocenters. The number of hydrogen-bond donors (Lipinski definition) is 1. The van der Waals surface area contributed by atoms with E-state index in [1.54, 1.807) is 31.2 Å². The summed E-state index contributed by atoms with van der Waals surface area (Å²) in [4.78, 5) is 26.5. The summed E-state index contributed by atoms with van der Waals surface area (Å²) in [7, 11) is 0. The molecule has 0 bridgehead atoms. The molecule has 0 aliphatic heterocycles. The van der Waals surface area contributed by atoms with Crippen LogP contribution in [0.25, 0.3) is 6.08 Å². The maximum Gasteiger partial charge on any atom is 0.341 e. The summed E-state index contributed by atoms with van der Waals surface area (Å²) in [5.41, 5.74) is 1.81. The number of rotatable bonds is 7. The Bertz CT molecular complexity index is 1110. The molecule has 1 aromatic heterocycles. The number of ether oxygens (including phenoxy) is 2. The molecule has 1 heterocycles. The lowest BCUT2D eigenvalue weighted by molar-refractivity contribution is -0.112. The number of amides is 1. The minimum Gasteiger partial charge on any atom is -0.479 e. The fourth-order valence-electron chi connectivity index (χ4n) is 3.37. The van der Waals surface area contributed by atoms with Gasteiger partial charge in [-0.2, -0.15) is 10.5 Å². The minimum absolute atomic E-state index is 0.0988. The first-order valence-electron chi connectivity index (χ1n) is 9.92. The fraction of sp³-hybridized carbons (Fsp3) is 0.304. The van der Waals surface area contributed by atoms with Crippen molar-refractivity contribution in [1.29, 1.82) is 10.5 Å². The SMILES string of the molecule is CCOC(=O)c1c(NC(=O)/C(C#N)=C/c2cccc(OCC#N)c2)sc2c1CCCC2. The third-order valence-electron chi connectivity index (χ3n) is 4.72. The molecule has 3 rings (SSSR count). The molecule has 31 heavy (non-hydrogen) atoms. The number of thiophene rings is 1. The zero-order valence-corrected chi connectivity index (χ0v) is 17.9. The number of nitrogens with zero attached hydrogens (tertiary/aromatic N) is 2. The number of nitrogens with one attached hydrogen (secondary N) is 1. The molecule has 1 amide bonds. The van der Waals surface area contributed by atoms with Gasteiger partial charge in [-0.1, -0.05) is 12.1 Å². The van der Waals surface area contributed by atoms with Crippen molar-refractivity contribution in [2.24, 2.45) is 0 Å². The normalized spacial score (nSPS) is 12.8. The van der Waals surface area contributed by atoms with E-state index >= 15 is 0 Å². The predicted molar refractivity (Wildman–Crippen MR) is 117 cm³/mol. The average molecular weight is 436 g/mol. The molecule has 2 aromatic rings. The van der Waals surface area contributed by atoms with Crippen LogP contribution in [0.15, 0.2) is 29.8 Å². The molecule has 0 saturated carbocycles. The van der Waals surface area contributed by atoms with E-state index in [0.29, 0.717) is 21.9 Å². The summed E-state index contributed by atoms with van der Waals surface area (Å²) in [5, 5.41) is 21.3. The van der Waals surface area contributed by atoms with Crippen molar-refractivity contribution in [3.05, 3.63) is 51.4 Å². The van der Waals surface area contributed by atoms with Crippen LogP contribution in [0.2, 0.25) is 0 Å². The standard InChI is InChI=1S/C23H21N3O4S/c1-2-29-23(28)20-18-8-3-4-9-19(18)31-22(20)26-21(27)16(14-25)12-15-6-5-7-17(13-15)30-11-10-24/h5-7,12-13H,2-4,8-9,11H2,1H3,(H,26,27)/b16-12+. The van der Waals surface area contributed by atoms with Crippen LogP contribution in [0.5, 0.6) is 5.75 Å². The Kier molecular flexibility index (Phi) is 7.42. The van der Waals surface area contributed by atoms with Crippen molar-refractivity contribution < 1.29 is 19.1 Å². The number of carbonyl (C=O) groups is 2. The molecular formula is C23H21N3O4S. The summed E-state index contributed by atoms with van der Waals surface area (Å²) in [6.07, 6.45) is 5.09. The molecule has 1 aliphatic rings.